The van der Waals surface area contributed by atoms with Crippen LogP contribution in [0.2, 0.25) is 0 Å². The quantitative estimate of drug-likeness (QED) is 0.626. The van der Waals surface area contributed by atoms with E-state index in [9.17, 15) is 9.59 Å². The predicted molar refractivity (Wildman–Crippen MR) is 95.0 cm³/mol. The molecule has 0 saturated carbocycles. The average molecular weight is 316 g/mol. The van der Waals surface area contributed by atoms with Crippen LogP contribution in [0.25, 0.3) is 6.08 Å². The molecule has 0 spiro atoms. The summed E-state index contributed by atoms with van der Waals surface area (Å²) in [7, 11) is 0. The summed E-state index contributed by atoms with van der Waals surface area (Å²) in [5.41, 5.74) is 2.38. The Bertz CT molecular complexity index is 552. The molecule has 23 heavy (non-hydrogen) atoms. The van der Waals surface area contributed by atoms with Gasteiger partial charge in [0.1, 0.15) is 0 Å². The number of hydrogen-bond acceptors (Lipinski definition) is 2. The number of nitrogens with one attached hydrogen (secondary N) is 2. The number of hydrogen-bond donors (Lipinski definition) is 2. The molecule has 0 fully saturated rings. The van der Waals surface area contributed by atoms with Crippen LogP contribution < -0.4 is 10.6 Å². The minimum atomic E-state index is -0.163. The Morgan fingerprint density at radius 2 is 1.61 bits per heavy atom. The normalized spacial score (nSPS) is 11.7. The van der Waals surface area contributed by atoms with Crippen molar-refractivity contribution in [1.82, 2.24) is 10.6 Å². The Hall–Kier alpha value is -2.10. The first kappa shape index (κ1) is 18.9. The van der Waals surface area contributed by atoms with Crippen molar-refractivity contribution >= 4 is 17.9 Å². The van der Waals surface area contributed by atoms with Crippen molar-refractivity contribution in [3.05, 3.63) is 41.5 Å². The maximum atomic E-state index is 11.7. The fourth-order valence-corrected chi connectivity index (χ4v) is 1.90. The van der Waals surface area contributed by atoms with Gasteiger partial charge in [-0.05, 0) is 22.6 Å². The lowest BCUT2D eigenvalue weighted by molar-refractivity contribution is -0.124. The van der Waals surface area contributed by atoms with E-state index in [1.54, 1.807) is 6.08 Å². The lowest BCUT2D eigenvalue weighted by Crippen LogP contribution is -2.35. The van der Waals surface area contributed by atoms with Gasteiger partial charge in [-0.1, -0.05) is 58.9 Å². The largest absolute Gasteiger partial charge is 0.354 e. The minimum Gasteiger partial charge on any atom is -0.354 e. The van der Waals surface area contributed by atoms with Gasteiger partial charge in [0.25, 0.3) is 0 Å². The van der Waals surface area contributed by atoms with E-state index in [2.05, 4.69) is 43.5 Å². The summed E-state index contributed by atoms with van der Waals surface area (Å²) in [4.78, 5) is 23.1. The van der Waals surface area contributed by atoms with Crippen LogP contribution in [0.15, 0.2) is 30.3 Å². The van der Waals surface area contributed by atoms with E-state index < -0.39 is 0 Å². The monoisotopic (exact) mass is 316 g/mol. The predicted octanol–water partition coefficient (Wildman–Crippen LogP) is 2.89. The molecule has 0 heterocycles. The van der Waals surface area contributed by atoms with Crippen molar-refractivity contribution < 1.29 is 9.59 Å². The molecule has 0 atom stereocenters. The van der Waals surface area contributed by atoms with Gasteiger partial charge in [-0.15, -0.1) is 0 Å². The van der Waals surface area contributed by atoms with Gasteiger partial charge in [-0.2, -0.15) is 0 Å². The fourth-order valence-electron chi connectivity index (χ4n) is 1.90. The molecule has 0 saturated heterocycles. The van der Waals surface area contributed by atoms with E-state index in [1.165, 1.54) is 11.6 Å². The average Bonchev–Trinajstić information content (AvgIpc) is 2.48. The van der Waals surface area contributed by atoms with E-state index in [4.69, 9.17) is 0 Å². The van der Waals surface area contributed by atoms with Crippen LogP contribution in [0.5, 0.6) is 0 Å². The molecule has 0 aromatic heterocycles. The molecular weight excluding hydrogens is 288 g/mol. The zero-order valence-corrected chi connectivity index (χ0v) is 14.8. The minimum absolute atomic E-state index is 0.00581. The van der Waals surface area contributed by atoms with Crippen LogP contribution in [0.4, 0.5) is 0 Å². The summed E-state index contributed by atoms with van der Waals surface area (Å²) in [5, 5.41) is 5.50. The number of rotatable bonds is 6. The number of amides is 2. The van der Waals surface area contributed by atoms with E-state index in [0.29, 0.717) is 13.1 Å². The van der Waals surface area contributed by atoms with Crippen LogP contribution in [0.1, 0.15) is 45.7 Å². The van der Waals surface area contributed by atoms with Crippen LogP contribution >= 0.6 is 0 Å². The zero-order valence-electron chi connectivity index (χ0n) is 14.8. The molecule has 0 aliphatic heterocycles. The highest BCUT2D eigenvalue weighted by Gasteiger charge is 2.12. The van der Waals surface area contributed by atoms with Crippen molar-refractivity contribution in [2.75, 3.05) is 13.1 Å². The highest BCUT2D eigenvalue weighted by atomic mass is 16.2. The third-order valence-corrected chi connectivity index (χ3v) is 3.45. The molecule has 0 bridgehead atoms. The second kappa shape index (κ2) is 8.51. The Kier molecular flexibility index (Phi) is 7.01. The van der Waals surface area contributed by atoms with Gasteiger partial charge in [0.15, 0.2) is 0 Å². The summed E-state index contributed by atoms with van der Waals surface area (Å²) >= 11 is 0. The topological polar surface area (TPSA) is 58.2 Å². The standard InChI is InChI=1S/C19H28N2O2/c1-14(2)18(23)21-13-12-20-17(22)11-8-15-6-9-16(10-7-15)19(3,4)5/h6-11,14H,12-13H2,1-5H3,(H,20,22)(H,21,23)/b11-8+. The summed E-state index contributed by atoms with van der Waals surface area (Å²) in [5.74, 6) is -0.209. The molecule has 2 N–H and O–H groups in total. The second-order valence-corrected chi connectivity index (χ2v) is 6.94. The third kappa shape index (κ3) is 7.13. The van der Waals surface area contributed by atoms with Gasteiger partial charge in [0.2, 0.25) is 11.8 Å². The lowest BCUT2D eigenvalue weighted by Gasteiger charge is -2.18. The van der Waals surface area contributed by atoms with Crippen LogP contribution in [-0.2, 0) is 15.0 Å². The Morgan fingerprint density at radius 3 is 2.13 bits per heavy atom. The van der Waals surface area contributed by atoms with Crippen molar-refractivity contribution in [2.45, 2.75) is 40.0 Å². The van der Waals surface area contributed by atoms with Crippen molar-refractivity contribution in [3.8, 4) is 0 Å². The molecule has 4 nitrogen and oxygen atoms in total. The third-order valence-electron chi connectivity index (χ3n) is 3.45. The SMILES string of the molecule is CC(C)C(=O)NCCNC(=O)/C=C/c1ccc(C(C)(C)C)cc1. The molecule has 0 aliphatic rings. The Labute approximate surface area is 139 Å². The molecule has 4 heteroatoms. The van der Waals surface area contributed by atoms with Gasteiger partial charge in [-0.3, -0.25) is 9.59 Å². The van der Waals surface area contributed by atoms with Gasteiger partial charge in [0.05, 0.1) is 0 Å². The molecule has 1 aromatic carbocycles. The summed E-state index contributed by atoms with van der Waals surface area (Å²) in [6.07, 6.45) is 3.30. The van der Waals surface area contributed by atoms with E-state index in [1.807, 2.05) is 26.0 Å². The number of carbonyl (C=O) groups is 2. The Balaban J connectivity index is 2.39. The highest BCUT2D eigenvalue weighted by molar-refractivity contribution is 5.91. The van der Waals surface area contributed by atoms with Crippen molar-refractivity contribution in [3.63, 3.8) is 0 Å². The first-order chi connectivity index (χ1) is 10.7. The smallest absolute Gasteiger partial charge is 0.244 e. The summed E-state index contributed by atoms with van der Waals surface area (Å²) in [6.45, 7) is 11.0. The first-order valence-electron chi connectivity index (χ1n) is 8.04. The molecule has 0 aliphatic carbocycles. The maximum absolute atomic E-state index is 11.7. The summed E-state index contributed by atoms with van der Waals surface area (Å²) < 4.78 is 0. The van der Waals surface area contributed by atoms with Crippen LogP contribution in [0.3, 0.4) is 0 Å². The molecule has 0 radical (unpaired) electrons. The molecule has 126 valence electrons. The highest BCUT2D eigenvalue weighted by Crippen LogP contribution is 2.22. The van der Waals surface area contributed by atoms with E-state index in [0.717, 1.165) is 5.56 Å². The fraction of sp³-hybridized carbons (Fsp3) is 0.474. The maximum Gasteiger partial charge on any atom is 0.244 e. The van der Waals surface area contributed by atoms with Crippen molar-refractivity contribution in [2.24, 2.45) is 5.92 Å². The molecule has 2 amide bonds. The van der Waals surface area contributed by atoms with Crippen molar-refractivity contribution in [1.29, 1.82) is 0 Å². The van der Waals surface area contributed by atoms with Gasteiger partial charge < -0.3 is 10.6 Å². The molecular formula is C19H28N2O2. The zero-order chi connectivity index (χ0) is 17.5. The van der Waals surface area contributed by atoms with E-state index >= 15 is 0 Å². The first-order valence-corrected chi connectivity index (χ1v) is 8.04. The molecule has 0 unspecified atom stereocenters. The van der Waals surface area contributed by atoms with E-state index in [-0.39, 0.29) is 23.1 Å². The second-order valence-electron chi connectivity index (χ2n) is 6.94. The number of carbonyl (C=O) groups excluding carboxylic acids is 2. The summed E-state index contributed by atoms with van der Waals surface area (Å²) in [6, 6.07) is 8.18. The molecule has 1 aromatic rings. The lowest BCUT2D eigenvalue weighted by atomic mass is 9.87. The van der Waals surface area contributed by atoms with Gasteiger partial charge in [-0.25, -0.2) is 0 Å². The van der Waals surface area contributed by atoms with Crippen LogP contribution in [0, 0.1) is 5.92 Å². The van der Waals surface area contributed by atoms with Crippen LogP contribution in [-0.4, -0.2) is 24.9 Å². The molecule has 1 rings (SSSR count). The number of benzene rings is 1. The van der Waals surface area contributed by atoms with Gasteiger partial charge in [0, 0.05) is 25.1 Å². The Morgan fingerprint density at radius 1 is 1.04 bits per heavy atom. The van der Waals surface area contributed by atoms with Gasteiger partial charge >= 0.3 is 0 Å².